The van der Waals surface area contributed by atoms with Crippen LogP contribution in [0, 0.1) is 5.92 Å². The average Bonchev–Trinajstić information content (AvgIpc) is 3.58. The van der Waals surface area contributed by atoms with Crippen molar-refractivity contribution in [2.75, 3.05) is 25.1 Å². The third kappa shape index (κ3) is 4.41. The first-order valence-electron chi connectivity index (χ1n) is 9.94. The fraction of sp³-hybridized carbons (Fsp3) is 0.455. The molecule has 2 heterocycles. The molecule has 5 nitrogen and oxygen atoms in total. The number of nitrogens with zero attached hydrogens (tertiary/aromatic N) is 3. The first-order chi connectivity index (χ1) is 13.6. The summed E-state index contributed by atoms with van der Waals surface area (Å²) in [5.74, 6) is 2.19. The number of carbonyl (C=O) groups excluding carboxylic acids is 1. The number of rotatable bonds is 6. The van der Waals surface area contributed by atoms with Gasteiger partial charge in [-0.2, -0.15) is 0 Å². The molecular weight excluding hydrogens is 374 g/mol. The van der Waals surface area contributed by atoms with E-state index < -0.39 is 0 Å². The Labute approximate surface area is 171 Å². The van der Waals surface area contributed by atoms with Crippen LogP contribution in [0.4, 0.5) is 5.82 Å². The summed E-state index contributed by atoms with van der Waals surface area (Å²) >= 11 is 5.93. The number of methoxy groups -OCH3 is 1. The lowest BCUT2D eigenvalue weighted by molar-refractivity contribution is -0.137. The molecule has 0 spiro atoms. The first-order valence-corrected chi connectivity index (χ1v) is 10.3. The minimum Gasteiger partial charge on any atom is -0.497 e. The Bertz CT molecular complexity index is 798. The third-order valence-corrected chi connectivity index (χ3v) is 5.89. The van der Waals surface area contributed by atoms with Gasteiger partial charge in [0.05, 0.1) is 12.1 Å². The molecule has 0 unspecified atom stereocenters. The maximum atomic E-state index is 13.2. The number of piperidine rings is 1. The van der Waals surface area contributed by atoms with Crippen LogP contribution in [0.15, 0.2) is 42.6 Å². The zero-order valence-electron chi connectivity index (χ0n) is 16.2. The van der Waals surface area contributed by atoms with Gasteiger partial charge in [0.2, 0.25) is 5.91 Å². The van der Waals surface area contributed by atoms with Crippen LogP contribution in [0.1, 0.15) is 31.2 Å². The third-order valence-electron chi connectivity index (χ3n) is 5.66. The van der Waals surface area contributed by atoms with Gasteiger partial charge < -0.3 is 14.5 Å². The molecule has 2 aliphatic rings. The van der Waals surface area contributed by atoms with Crippen molar-refractivity contribution in [1.29, 1.82) is 0 Å². The van der Waals surface area contributed by atoms with E-state index in [1.807, 2.05) is 24.3 Å². The van der Waals surface area contributed by atoms with E-state index in [-0.39, 0.29) is 5.92 Å². The van der Waals surface area contributed by atoms with Gasteiger partial charge in [0.1, 0.15) is 11.6 Å². The van der Waals surface area contributed by atoms with Crippen LogP contribution >= 0.6 is 11.6 Å². The van der Waals surface area contributed by atoms with Gasteiger partial charge in [0.15, 0.2) is 0 Å². The van der Waals surface area contributed by atoms with E-state index in [1.54, 1.807) is 13.3 Å². The number of amides is 1. The fourth-order valence-electron chi connectivity index (χ4n) is 3.85. The van der Waals surface area contributed by atoms with Crippen LogP contribution in [-0.2, 0) is 11.3 Å². The number of benzene rings is 1. The van der Waals surface area contributed by atoms with Crippen LogP contribution < -0.4 is 9.64 Å². The summed E-state index contributed by atoms with van der Waals surface area (Å²) in [6.07, 6.45) is 5.66. The zero-order valence-corrected chi connectivity index (χ0v) is 16.9. The molecule has 4 rings (SSSR count). The van der Waals surface area contributed by atoms with Gasteiger partial charge in [-0.3, -0.25) is 4.79 Å². The highest BCUT2D eigenvalue weighted by Gasteiger charge is 2.37. The summed E-state index contributed by atoms with van der Waals surface area (Å²) in [6.45, 7) is 2.39. The molecule has 1 aliphatic heterocycles. The van der Waals surface area contributed by atoms with Crippen LogP contribution in [0.2, 0.25) is 5.02 Å². The molecule has 6 heteroatoms. The molecule has 0 N–H and O–H groups in total. The fourth-order valence-corrected chi connectivity index (χ4v) is 3.96. The van der Waals surface area contributed by atoms with Crippen molar-refractivity contribution >= 4 is 23.3 Å². The second-order valence-corrected chi connectivity index (χ2v) is 8.08. The Morgan fingerprint density at radius 2 is 1.86 bits per heavy atom. The van der Waals surface area contributed by atoms with Gasteiger partial charge >= 0.3 is 0 Å². The lowest BCUT2D eigenvalue weighted by Crippen LogP contribution is -2.43. The smallest absolute Gasteiger partial charge is 0.226 e. The second kappa shape index (κ2) is 8.39. The van der Waals surface area contributed by atoms with Gasteiger partial charge in [-0.05, 0) is 55.5 Å². The quantitative estimate of drug-likeness (QED) is 0.732. The van der Waals surface area contributed by atoms with Crippen molar-refractivity contribution < 1.29 is 9.53 Å². The van der Waals surface area contributed by atoms with E-state index >= 15 is 0 Å². The van der Waals surface area contributed by atoms with Gasteiger partial charge in [-0.15, -0.1) is 0 Å². The first kappa shape index (κ1) is 19.1. The van der Waals surface area contributed by atoms with E-state index in [1.165, 1.54) is 0 Å². The maximum absolute atomic E-state index is 13.2. The van der Waals surface area contributed by atoms with E-state index in [0.717, 1.165) is 55.9 Å². The molecule has 2 fully saturated rings. The van der Waals surface area contributed by atoms with Crippen molar-refractivity contribution in [1.82, 2.24) is 9.88 Å². The van der Waals surface area contributed by atoms with Crippen molar-refractivity contribution in [3.63, 3.8) is 0 Å². The Hall–Kier alpha value is -2.27. The number of pyridine rings is 1. The Morgan fingerprint density at radius 1 is 1.14 bits per heavy atom. The maximum Gasteiger partial charge on any atom is 0.226 e. The minimum absolute atomic E-state index is 0.0994. The van der Waals surface area contributed by atoms with Gasteiger partial charge in [-0.1, -0.05) is 23.7 Å². The highest BCUT2D eigenvalue weighted by atomic mass is 35.5. The standard InChI is InChI=1S/C22H26ClN3O2/c1-28-20-7-2-16(3-8-20)15-26(19-5-6-19)22(27)17-10-12-25(13-11-17)21-9-4-18(23)14-24-21/h2-4,7-9,14,17,19H,5-6,10-13,15H2,1H3. The molecule has 148 valence electrons. The molecular formula is C22H26ClN3O2. The van der Waals surface area contributed by atoms with Gasteiger partial charge in [0.25, 0.3) is 0 Å². The van der Waals surface area contributed by atoms with Gasteiger partial charge in [0, 0.05) is 37.8 Å². The highest BCUT2D eigenvalue weighted by molar-refractivity contribution is 6.30. The number of carbonyl (C=O) groups is 1. The number of ether oxygens (including phenoxy) is 1. The lowest BCUT2D eigenvalue weighted by atomic mass is 9.95. The second-order valence-electron chi connectivity index (χ2n) is 7.64. The summed E-state index contributed by atoms with van der Waals surface area (Å²) < 4.78 is 5.23. The largest absolute Gasteiger partial charge is 0.497 e. The SMILES string of the molecule is COc1ccc(CN(C(=O)C2CCN(c3ccc(Cl)cn3)CC2)C2CC2)cc1. The number of anilines is 1. The van der Waals surface area contributed by atoms with Crippen LogP contribution in [0.5, 0.6) is 5.75 Å². The minimum atomic E-state index is 0.0994. The van der Waals surface area contributed by atoms with E-state index in [0.29, 0.717) is 23.5 Å². The molecule has 1 aliphatic carbocycles. The van der Waals surface area contributed by atoms with Crippen molar-refractivity contribution in [2.45, 2.75) is 38.3 Å². The molecule has 1 aromatic heterocycles. The monoisotopic (exact) mass is 399 g/mol. The Kier molecular flexibility index (Phi) is 5.72. The molecule has 0 radical (unpaired) electrons. The van der Waals surface area contributed by atoms with Crippen molar-refractivity contribution in [3.05, 3.63) is 53.2 Å². The summed E-state index contributed by atoms with van der Waals surface area (Å²) in [7, 11) is 1.67. The molecule has 1 amide bonds. The van der Waals surface area contributed by atoms with E-state index in [4.69, 9.17) is 16.3 Å². The topological polar surface area (TPSA) is 45.7 Å². The van der Waals surface area contributed by atoms with Crippen LogP contribution in [0.3, 0.4) is 0 Å². The Morgan fingerprint density at radius 3 is 2.43 bits per heavy atom. The number of aromatic nitrogens is 1. The van der Waals surface area contributed by atoms with Crippen LogP contribution in [0.25, 0.3) is 0 Å². The van der Waals surface area contributed by atoms with Gasteiger partial charge in [-0.25, -0.2) is 4.98 Å². The molecule has 1 aromatic carbocycles. The summed E-state index contributed by atoms with van der Waals surface area (Å²) in [5.41, 5.74) is 1.16. The van der Waals surface area contributed by atoms with E-state index in [2.05, 4.69) is 26.9 Å². The normalized spacial score (nSPS) is 17.4. The van der Waals surface area contributed by atoms with Crippen molar-refractivity contribution in [2.24, 2.45) is 5.92 Å². The molecule has 0 bridgehead atoms. The molecule has 28 heavy (non-hydrogen) atoms. The van der Waals surface area contributed by atoms with Crippen LogP contribution in [-0.4, -0.2) is 42.0 Å². The zero-order chi connectivity index (χ0) is 19.5. The molecule has 1 saturated carbocycles. The number of hydrogen-bond acceptors (Lipinski definition) is 4. The number of halogens is 1. The van der Waals surface area contributed by atoms with E-state index in [9.17, 15) is 4.79 Å². The van der Waals surface area contributed by atoms with Crippen molar-refractivity contribution in [3.8, 4) is 5.75 Å². The Balaban J connectivity index is 1.37. The summed E-state index contributed by atoms with van der Waals surface area (Å²) in [4.78, 5) is 22.0. The lowest BCUT2D eigenvalue weighted by Gasteiger charge is -2.35. The molecule has 1 saturated heterocycles. The highest BCUT2D eigenvalue weighted by Crippen LogP contribution is 2.32. The average molecular weight is 400 g/mol. The predicted molar refractivity (Wildman–Crippen MR) is 111 cm³/mol. The molecule has 0 atom stereocenters. The summed E-state index contributed by atoms with van der Waals surface area (Å²) in [5, 5.41) is 0.646. The molecule has 2 aromatic rings. The predicted octanol–water partition coefficient (Wildman–Crippen LogP) is 4.15. The number of hydrogen-bond donors (Lipinski definition) is 0. The summed E-state index contributed by atoms with van der Waals surface area (Å²) in [6, 6.07) is 12.2.